The number of nitrogens with zero attached hydrogens (tertiary/aromatic N) is 1. The third-order valence-corrected chi connectivity index (χ3v) is 3.64. The predicted octanol–water partition coefficient (Wildman–Crippen LogP) is 2.52. The number of benzene rings is 2. The van der Waals surface area contributed by atoms with E-state index in [0.29, 0.717) is 22.5 Å². The summed E-state index contributed by atoms with van der Waals surface area (Å²) in [6, 6.07) is 11.1. The topological polar surface area (TPSA) is 90.8 Å². The molecule has 24 heavy (non-hydrogen) atoms. The lowest BCUT2D eigenvalue weighted by molar-refractivity contribution is -0.117. The fraction of sp³-hybridized carbons (Fsp3) is 0.118. The van der Waals surface area contributed by atoms with Gasteiger partial charge in [-0.1, -0.05) is 30.3 Å². The molecule has 7 heteroatoms. The van der Waals surface area contributed by atoms with Gasteiger partial charge in [-0.2, -0.15) is 0 Å². The summed E-state index contributed by atoms with van der Waals surface area (Å²) >= 11 is 0. The molecule has 0 fully saturated rings. The molecule has 0 spiro atoms. The smallest absolute Gasteiger partial charge is 0.406 e. The van der Waals surface area contributed by atoms with Gasteiger partial charge in [0.05, 0.1) is 11.4 Å². The van der Waals surface area contributed by atoms with Crippen LogP contribution in [-0.4, -0.2) is 29.0 Å². The highest BCUT2D eigenvalue weighted by Gasteiger charge is 2.27. The van der Waals surface area contributed by atoms with Crippen molar-refractivity contribution in [2.75, 3.05) is 5.32 Å². The first-order valence-corrected chi connectivity index (χ1v) is 7.20. The zero-order valence-electron chi connectivity index (χ0n) is 12.7. The Morgan fingerprint density at radius 2 is 2.04 bits per heavy atom. The number of amides is 2. The van der Waals surface area contributed by atoms with Gasteiger partial charge in [-0.25, -0.2) is 14.2 Å². The number of halogens is 1. The molecule has 0 aromatic heterocycles. The maximum Gasteiger partial charge on any atom is 0.406 e. The number of carbonyl (C=O) groups excluding carboxylic acids is 1. The molecule has 6 nitrogen and oxygen atoms in total. The van der Waals surface area contributed by atoms with Crippen LogP contribution in [0.5, 0.6) is 0 Å². The van der Waals surface area contributed by atoms with Crippen molar-refractivity contribution in [1.82, 2.24) is 5.32 Å². The van der Waals surface area contributed by atoms with Gasteiger partial charge in [0.1, 0.15) is 5.82 Å². The van der Waals surface area contributed by atoms with Gasteiger partial charge in [0.15, 0.2) is 0 Å². The molecular formula is C17H14FN3O3. The fourth-order valence-electron chi connectivity index (χ4n) is 2.56. The van der Waals surface area contributed by atoms with Crippen molar-refractivity contribution in [1.29, 1.82) is 0 Å². The van der Waals surface area contributed by atoms with Crippen LogP contribution in [0.2, 0.25) is 0 Å². The van der Waals surface area contributed by atoms with Crippen molar-refractivity contribution in [2.24, 2.45) is 4.99 Å². The van der Waals surface area contributed by atoms with Crippen molar-refractivity contribution in [3.05, 3.63) is 65.0 Å². The predicted molar refractivity (Wildman–Crippen MR) is 86.8 cm³/mol. The summed E-state index contributed by atoms with van der Waals surface area (Å²) in [7, 11) is 0. The minimum absolute atomic E-state index is 0.338. The van der Waals surface area contributed by atoms with Crippen molar-refractivity contribution in [3.8, 4) is 0 Å². The molecule has 0 bridgehead atoms. The molecule has 2 amide bonds. The Labute approximate surface area is 137 Å². The zero-order chi connectivity index (χ0) is 17.3. The molecule has 0 radical (unpaired) electrons. The largest absolute Gasteiger partial charge is 0.465 e. The number of carbonyl (C=O) groups is 2. The van der Waals surface area contributed by atoms with Gasteiger partial charge in [-0.15, -0.1) is 0 Å². The van der Waals surface area contributed by atoms with Crippen LogP contribution in [0, 0.1) is 12.7 Å². The van der Waals surface area contributed by atoms with Crippen LogP contribution in [0.3, 0.4) is 0 Å². The molecule has 0 saturated heterocycles. The first kappa shape index (κ1) is 15.7. The van der Waals surface area contributed by atoms with E-state index in [1.807, 2.05) is 13.0 Å². The van der Waals surface area contributed by atoms with Crippen molar-refractivity contribution >= 4 is 23.4 Å². The number of nitrogens with one attached hydrogen (secondary N) is 2. The van der Waals surface area contributed by atoms with Gasteiger partial charge in [-0.3, -0.25) is 10.1 Å². The van der Waals surface area contributed by atoms with E-state index < -0.39 is 24.0 Å². The number of carboxylic acid groups (broad SMARTS) is 1. The molecule has 1 heterocycles. The molecule has 3 rings (SSSR count). The molecule has 2 aromatic rings. The lowest BCUT2D eigenvalue weighted by Crippen LogP contribution is -2.41. The molecular weight excluding hydrogens is 313 g/mol. The molecule has 3 N–H and O–H groups in total. The summed E-state index contributed by atoms with van der Waals surface area (Å²) in [6.07, 6.45) is -2.70. The van der Waals surface area contributed by atoms with Crippen LogP contribution in [0.4, 0.5) is 14.9 Å². The van der Waals surface area contributed by atoms with Crippen LogP contribution in [-0.2, 0) is 4.79 Å². The first-order valence-electron chi connectivity index (χ1n) is 7.20. The minimum atomic E-state index is -1.37. The number of hydrogen-bond donors (Lipinski definition) is 3. The number of aryl methyl sites for hydroxylation is 1. The summed E-state index contributed by atoms with van der Waals surface area (Å²) in [6.45, 7) is 1.81. The summed E-state index contributed by atoms with van der Waals surface area (Å²) in [4.78, 5) is 27.5. The maximum atomic E-state index is 13.6. The molecule has 1 aliphatic rings. The van der Waals surface area contributed by atoms with E-state index in [1.54, 1.807) is 18.2 Å². The number of para-hydroxylation sites is 1. The molecule has 0 aliphatic carbocycles. The van der Waals surface area contributed by atoms with Crippen LogP contribution in [0.1, 0.15) is 16.7 Å². The standard InChI is InChI=1S/C17H14FN3O3/c1-9-4-2-7-12-13(9)20-16(22)15(21-17(23)24)19-14(12)10-5-3-6-11(18)8-10/h2-8,15,21H,1H3,(H,20,22)(H,23,24). The van der Waals surface area contributed by atoms with Gasteiger partial charge < -0.3 is 10.4 Å². The number of anilines is 1. The number of hydrogen-bond acceptors (Lipinski definition) is 3. The minimum Gasteiger partial charge on any atom is -0.465 e. The van der Waals surface area contributed by atoms with Crippen LogP contribution in [0.15, 0.2) is 47.5 Å². The Morgan fingerprint density at radius 1 is 1.29 bits per heavy atom. The molecule has 122 valence electrons. The highest BCUT2D eigenvalue weighted by Crippen LogP contribution is 2.27. The average molecular weight is 327 g/mol. The monoisotopic (exact) mass is 327 g/mol. The second kappa shape index (κ2) is 6.11. The normalized spacial score (nSPS) is 16.5. The highest BCUT2D eigenvalue weighted by atomic mass is 19.1. The third kappa shape index (κ3) is 2.96. The number of fused-ring (bicyclic) bond motifs is 1. The van der Waals surface area contributed by atoms with E-state index in [0.717, 1.165) is 5.56 Å². The highest BCUT2D eigenvalue weighted by molar-refractivity contribution is 6.20. The van der Waals surface area contributed by atoms with Gasteiger partial charge in [0.25, 0.3) is 5.91 Å². The summed E-state index contributed by atoms with van der Waals surface area (Å²) in [5, 5.41) is 13.7. The van der Waals surface area contributed by atoms with E-state index in [9.17, 15) is 14.0 Å². The Bertz CT molecular complexity index is 864. The van der Waals surface area contributed by atoms with Gasteiger partial charge in [0, 0.05) is 11.1 Å². The Hall–Kier alpha value is -3.22. The molecule has 1 aliphatic heterocycles. The SMILES string of the molecule is Cc1cccc2c1NC(=O)C(NC(=O)O)N=C2c1cccc(F)c1. The van der Waals surface area contributed by atoms with Crippen LogP contribution >= 0.6 is 0 Å². The zero-order valence-corrected chi connectivity index (χ0v) is 12.7. The number of benzodiazepines with no additional fused rings is 1. The second-order valence-corrected chi connectivity index (χ2v) is 5.33. The Morgan fingerprint density at radius 3 is 2.75 bits per heavy atom. The lowest BCUT2D eigenvalue weighted by atomic mass is 9.98. The van der Waals surface area contributed by atoms with Gasteiger partial charge >= 0.3 is 6.09 Å². The quantitative estimate of drug-likeness (QED) is 0.791. The summed E-state index contributed by atoms with van der Waals surface area (Å²) in [5.41, 5.74) is 2.71. The van der Waals surface area contributed by atoms with Gasteiger partial charge in [0.2, 0.25) is 6.17 Å². The van der Waals surface area contributed by atoms with E-state index in [1.165, 1.54) is 18.2 Å². The average Bonchev–Trinajstić information content (AvgIpc) is 2.66. The lowest BCUT2D eigenvalue weighted by Gasteiger charge is -2.12. The third-order valence-electron chi connectivity index (χ3n) is 3.64. The van der Waals surface area contributed by atoms with E-state index >= 15 is 0 Å². The second-order valence-electron chi connectivity index (χ2n) is 5.33. The molecule has 1 unspecified atom stereocenters. The first-order chi connectivity index (χ1) is 11.5. The van der Waals surface area contributed by atoms with E-state index in [2.05, 4.69) is 15.6 Å². The Balaban J connectivity index is 2.21. The molecule has 1 atom stereocenters. The van der Waals surface area contributed by atoms with Gasteiger partial charge in [-0.05, 0) is 24.6 Å². The van der Waals surface area contributed by atoms with Crippen molar-refractivity contribution < 1.29 is 19.1 Å². The van der Waals surface area contributed by atoms with Crippen molar-refractivity contribution in [3.63, 3.8) is 0 Å². The fourth-order valence-corrected chi connectivity index (χ4v) is 2.56. The molecule has 0 saturated carbocycles. The van der Waals surface area contributed by atoms with Crippen LogP contribution in [0.25, 0.3) is 0 Å². The number of aliphatic imine (C=N–C) groups is 1. The van der Waals surface area contributed by atoms with Crippen LogP contribution < -0.4 is 10.6 Å². The van der Waals surface area contributed by atoms with E-state index in [-0.39, 0.29) is 0 Å². The summed E-state index contributed by atoms with van der Waals surface area (Å²) < 4.78 is 13.6. The number of rotatable bonds is 2. The molecule has 2 aromatic carbocycles. The summed E-state index contributed by atoms with van der Waals surface area (Å²) in [5.74, 6) is -1.05. The van der Waals surface area contributed by atoms with E-state index in [4.69, 9.17) is 5.11 Å². The van der Waals surface area contributed by atoms with Crippen molar-refractivity contribution in [2.45, 2.75) is 13.1 Å². The Kier molecular flexibility index (Phi) is 3.99. The maximum absolute atomic E-state index is 13.6.